The number of hydrogen-bond donors (Lipinski definition) is 1. The van der Waals surface area contributed by atoms with Crippen LogP contribution in [0.3, 0.4) is 0 Å². The molecule has 4 nitrogen and oxygen atoms in total. The van der Waals surface area contributed by atoms with Gasteiger partial charge in [0, 0.05) is 57.2 Å². The van der Waals surface area contributed by atoms with Gasteiger partial charge < -0.3 is 10.6 Å². The first-order chi connectivity index (χ1) is 9.12. The maximum Gasteiger partial charge on any atom is 0.0276 e. The van der Waals surface area contributed by atoms with Crippen LogP contribution in [-0.4, -0.2) is 59.6 Å². The Morgan fingerprint density at radius 1 is 1.16 bits per heavy atom. The molecule has 0 spiro atoms. The molecule has 2 heterocycles. The average Bonchev–Trinajstić information content (AvgIpc) is 2.47. The molecule has 1 saturated heterocycles. The number of piperazine rings is 1. The van der Waals surface area contributed by atoms with Gasteiger partial charge in [0.25, 0.3) is 0 Å². The van der Waals surface area contributed by atoms with E-state index in [0.29, 0.717) is 0 Å². The Bertz CT molecular complexity index is 369. The summed E-state index contributed by atoms with van der Waals surface area (Å²) in [5, 5.41) is 0. The first kappa shape index (κ1) is 14.4. The molecule has 0 amide bonds. The summed E-state index contributed by atoms with van der Waals surface area (Å²) in [6, 6.07) is 4.21. The van der Waals surface area contributed by atoms with Gasteiger partial charge >= 0.3 is 0 Å². The molecule has 0 atom stereocenters. The predicted molar refractivity (Wildman–Crippen MR) is 79.1 cm³/mol. The third-order valence-corrected chi connectivity index (χ3v) is 4.19. The SMILES string of the molecule is CC(C)(CN)N1CCN(CCc2ccncc2)CC1. The summed E-state index contributed by atoms with van der Waals surface area (Å²) in [5.74, 6) is 0. The highest BCUT2D eigenvalue weighted by molar-refractivity contribution is 5.09. The van der Waals surface area contributed by atoms with Crippen molar-refractivity contribution in [2.24, 2.45) is 5.73 Å². The zero-order valence-corrected chi connectivity index (χ0v) is 12.2. The van der Waals surface area contributed by atoms with Crippen LogP contribution in [0.2, 0.25) is 0 Å². The molecule has 1 aliphatic rings. The monoisotopic (exact) mass is 262 g/mol. The molecule has 106 valence electrons. The molecule has 1 aromatic rings. The van der Waals surface area contributed by atoms with Crippen LogP contribution >= 0.6 is 0 Å². The topological polar surface area (TPSA) is 45.4 Å². The standard InChI is InChI=1S/C15H26N4/c1-15(2,13-16)19-11-9-18(10-12-19)8-5-14-3-6-17-7-4-14/h3-4,6-7H,5,8-13,16H2,1-2H3. The van der Waals surface area contributed by atoms with E-state index in [1.807, 2.05) is 12.4 Å². The second kappa shape index (κ2) is 6.46. The van der Waals surface area contributed by atoms with Gasteiger partial charge in [0.2, 0.25) is 0 Å². The molecule has 1 aliphatic heterocycles. The van der Waals surface area contributed by atoms with Gasteiger partial charge in [0.15, 0.2) is 0 Å². The van der Waals surface area contributed by atoms with E-state index in [9.17, 15) is 0 Å². The van der Waals surface area contributed by atoms with Crippen LogP contribution in [0.1, 0.15) is 19.4 Å². The fourth-order valence-corrected chi connectivity index (χ4v) is 2.54. The van der Waals surface area contributed by atoms with Crippen LogP contribution in [0.5, 0.6) is 0 Å². The van der Waals surface area contributed by atoms with E-state index in [2.05, 4.69) is 40.8 Å². The summed E-state index contributed by atoms with van der Waals surface area (Å²) < 4.78 is 0. The molecular formula is C15H26N4. The molecular weight excluding hydrogens is 236 g/mol. The molecule has 2 N–H and O–H groups in total. The molecule has 0 aliphatic carbocycles. The Labute approximate surface area is 116 Å². The van der Waals surface area contributed by atoms with Crippen molar-refractivity contribution in [3.63, 3.8) is 0 Å². The summed E-state index contributed by atoms with van der Waals surface area (Å²) in [5.41, 5.74) is 7.36. The van der Waals surface area contributed by atoms with Gasteiger partial charge in [-0.3, -0.25) is 9.88 Å². The van der Waals surface area contributed by atoms with Crippen molar-refractivity contribution in [1.29, 1.82) is 0 Å². The van der Waals surface area contributed by atoms with Crippen LogP contribution < -0.4 is 5.73 Å². The minimum absolute atomic E-state index is 0.136. The van der Waals surface area contributed by atoms with Gasteiger partial charge in [-0.15, -0.1) is 0 Å². The maximum atomic E-state index is 5.85. The first-order valence-corrected chi connectivity index (χ1v) is 7.18. The molecule has 2 rings (SSSR count). The van der Waals surface area contributed by atoms with Gasteiger partial charge in [0.05, 0.1) is 0 Å². The van der Waals surface area contributed by atoms with Crippen LogP contribution in [0, 0.1) is 0 Å². The zero-order valence-electron chi connectivity index (χ0n) is 12.2. The Hall–Kier alpha value is -0.970. The number of nitrogens with zero attached hydrogens (tertiary/aromatic N) is 3. The third kappa shape index (κ3) is 4.00. The molecule has 0 radical (unpaired) electrons. The molecule has 1 aromatic heterocycles. The lowest BCUT2D eigenvalue weighted by atomic mass is 10.0. The van der Waals surface area contributed by atoms with Crippen LogP contribution in [0.15, 0.2) is 24.5 Å². The molecule has 0 aromatic carbocycles. The smallest absolute Gasteiger partial charge is 0.0276 e. The first-order valence-electron chi connectivity index (χ1n) is 7.18. The molecule has 0 bridgehead atoms. The normalized spacial score (nSPS) is 18.7. The van der Waals surface area contributed by atoms with Crippen molar-refractivity contribution in [2.75, 3.05) is 39.3 Å². The van der Waals surface area contributed by atoms with E-state index in [1.54, 1.807) is 0 Å². The highest BCUT2D eigenvalue weighted by atomic mass is 15.3. The fraction of sp³-hybridized carbons (Fsp3) is 0.667. The van der Waals surface area contributed by atoms with Crippen molar-refractivity contribution >= 4 is 0 Å². The Kier molecular flexibility index (Phi) is 4.91. The lowest BCUT2D eigenvalue weighted by Crippen LogP contribution is -2.57. The van der Waals surface area contributed by atoms with Gasteiger partial charge in [-0.25, -0.2) is 0 Å². The van der Waals surface area contributed by atoms with Crippen LogP contribution in [0.25, 0.3) is 0 Å². The summed E-state index contributed by atoms with van der Waals surface area (Å²) in [6.45, 7) is 10.9. The van der Waals surface area contributed by atoms with E-state index in [1.165, 1.54) is 5.56 Å². The molecule has 4 heteroatoms. The molecule has 19 heavy (non-hydrogen) atoms. The summed E-state index contributed by atoms with van der Waals surface area (Å²) >= 11 is 0. The van der Waals surface area contributed by atoms with Crippen LogP contribution in [0.4, 0.5) is 0 Å². The number of pyridine rings is 1. The number of aromatic nitrogens is 1. The summed E-state index contributed by atoms with van der Waals surface area (Å²) in [7, 11) is 0. The summed E-state index contributed by atoms with van der Waals surface area (Å²) in [4.78, 5) is 9.11. The minimum Gasteiger partial charge on any atom is -0.329 e. The van der Waals surface area contributed by atoms with Crippen molar-refractivity contribution < 1.29 is 0 Å². The molecule has 0 saturated carbocycles. The van der Waals surface area contributed by atoms with Crippen molar-refractivity contribution in [2.45, 2.75) is 25.8 Å². The fourth-order valence-electron chi connectivity index (χ4n) is 2.54. The van der Waals surface area contributed by atoms with Crippen molar-refractivity contribution in [3.05, 3.63) is 30.1 Å². The average molecular weight is 262 g/mol. The van der Waals surface area contributed by atoms with Gasteiger partial charge in [-0.2, -0.15) is 0 Å². The van der Waals surface area contributed by atoms with E-state index in [-0.39, 0.29) is 5.54 Å². The number of hydrogen-bond acceptors (Lipinski definition) is 4. The maximum absolute atomic E-state index is 5.85. The summed E-state index contributed by atoms with van der Waals surface area (Å²) in [6.07, 6.45) is 4.86. The lowest BCUT2D eigenvalue weighted by Gasteiger charge is -2.43. The Balaban J connectivity index is 1.75. The quantitative estimate of drug-likeness (QED) is 0.859. The van der Waals surface area contributed by atoms with Crippen molar-refractivity contribution in [1.82, 2.24) is 14.8 Å². The number of rotatable bonds is 5. The van der Waals surface area contributed by atoms with E-state index in [4.69, 9.17) is 5.73 Å². The van der Waals surface area contributed by atoms with E-state index < -0.39 is 0 Å². The van der Waals surface area contributed by atoms with E-state index >= 15 is 0 Å². The van der Waals surface area contributed by atoms with Gasteiger partial charge in [0.1, 0.15) is 0 Å². The van der Waals surface area contributed by atoms with E-state index in [0.717, 1.165) is 45.7 Å². The minimum atomic E-state index is 0.136. The second-order valence-electron chi connectivity index (χ2n) is 5.95. The predicted octanol–water partition coefficient (Wildman–Crippen LogP) is 0.979. The Morgan fingerprint density at radius 2 is 1.79 bits per heavy atom. The highest BCUT2D eigenvalue weighted by Gasteiger charge is 2.28. The van der Waals surface area contributed by atoms with Gasteiger partial charge in [-0.05, 0) is 38.0 Å². The zero-order chi connectivity index (χ0) is 13.7. The van der Waals surface area contributed by atoms with Crippen molar-refractivity contribution in [3.8, 4) is 0 Å². The largest absolute Gasteiger partial charge is 0.329 e. The lowest BCUT2D eigenvalue weighted by molar-refractivity contribution is 0.0574. The Morgan fingerprint density at radius 3 is 2.37 bits per heavy atom. The third-order valence-electron chi connectivity index (χ3n) is 4.19. The van der Waals surface area contributed by atoms with Gasteiger partial charge in [-0.1, -0.05) is 0 Å². The van der Waals surface area contributed by atoms with Crippen LogP contribution in [-0.2, 0) is 6.42 Å². The second-order valence-corrected chi connectivity index (χ2v) is 5.95. The number of nitrogens with two attached hydrogens (primary N) is 1. The highest BCUT2D eigenvalue weighted by Crippen LogP contribution is 2.15. The molecule has 1 fully saturated rings. The molecule has 0 unspecified atom stereocenters.